The van der Waals surface area contributed by atoms with Crippen LogP contribution in [0.5, 0.6) is 0 Å². The zero-order chi connectivity index (χ0) is 14.6. The summed E-state index contributed by atoms with van der Waals surface area (Å²) in [6, 6.07) is 11.5. The van der Waals surface area contributed by atoms with E-state index >= 15 is 0 Å². The van der Waals surface area contributed by atoms with Crippen molar-refractivity contribution in [3.8, 4) is 0 Å². The fourth-order valence-corrected chi connectivity index (χ4v) is 2.09. The number of nitrogens with zero attached hydrogens (tertiary/aromatic N) is 1. The van der Waals surface area contributed by atoms with E-state index in [1.807, 2.05) is 37.3 Å². The van der Waals surface area contributed by atoms with Crippen LogP contribution in [-0.4, -0.2) is 10.2 Å². The molecule has 2 N–H and O–H groups in total. The van der Waals surface area contributed by atoms with E-state index in [1.165, 1.54) is 25.7 Å². The number of hydrogen-bond acceptors (Lipinski definition) is 2. The van der Waals surface area contributed by atoms with Crippen LogP contribution < -0.4 is 5.36 Å². The van der Waals surface area contributed by atoms with E-state index in [0.717, 1.165) is 24.2 Å². The zero-order valence-corrected chi connectivity index (χ0v) is 12.6. The van der Waals surface area contributed by atoms with Gasteiger partial charge in [-0.15, -0.1) is 0 Å². The van der Waals surface area contributed by atoms with Crippen molar-refractivity contribution in [2.24, 2.45) is 5.16 Å². The third-order valence-electron chi connectivity index (χ3n) is 3.18. The molecule has 0 saturated carbocycles. The van der Waals surface area contributed by atoms with Crippen molar-refractivity contribution in [3.05, 3.63) is 53.1 Å². The zero-order valence-electron chi connectivity index (χ0n) is 12.6. The molecule has 0 unspecified atom stereocenters. The molecule has 3 heteroatoms. The van der Waals surface area contributed by atoms with Gasteiger partial charge in [0.25, 0.3) is 0 Å². The summed E-state index contributed by atoms with van der Waals surface area (Å²) in [5, 5.41) is 12.9. The largest absolute Gasteiger partial charge is 0.410 e. The van der Waals surface area contributed by atoms with Crippen molar-refractivity contribution >= 4 is 0 Å². The van der Waals surface area contributed by atoms with Crippen LogP contribution >= 0.6 is 0 Å². The van der Waals surface area contributed by atoms with E-state index < -0.39 is 0 Å². The fraction of sp³-hybridized carbons (Fsp3) is 0.471. The number of rotatable bonds is 6. The molecule has 0 bridgehead atoms. The first-order chi connectivity index (χ1) is 9.76. The quantitative estimate of drug-likeness (QED) is 0.455. The van der Waals surface area contributed by atoms with Gasteiger partial charge < -0.3 is 10.2 Å². The van der Waals surface area contributed by atoms with Gasteiger partial charge in [0.1, 0.15) is 5.36 Å². The lowest BCUT2D eigenvalue weighted by Gasteiger charge is -2.01. The molecule has 0 fully saturated rings. The molecule has 20 heavy (non-hydrogen) atoms. The van der Waals surface area contributed by atoms with Gasteiger partial charge in [-0.05, 0) is 38.0 Å². The molecule has 1 aromatic heterocycles. The van der Waals surface area contributed by atoms with Crippen LogP contribution in [0.15, 0.2) is 41.6 Å². The van der Waals surface area contributed by atoms with Gasteiger partial charge in [-0.25, -0.2) is 0 Å². The number of aromatic amines is 1. The SMILES string of the molecule is CCCCCCCc1c/c(=N/O)cccccc(C)[nH]1. The smallest absolute Gasteiger partial charge is 0.104 e. The molecule has 1 rings (SSSR count). The Balaban J connectivity index is 2.89. The molecule has 1 heterocycles. The molecule has 0 aliphatic carbocycles. The minimum absolute atomic E-state index is 0.570. The van der Waals surface area contributed by atoms with Gasteiger partial charge >= 0.3 is 0 Å². The van der Waals surface area contributed by atoms with Crippen molar-refractivity contribution in [1.82, 2.24) is 4.98 Å². The highest BCUT2D eigenvalue weighted by Crippen LogP contribution is 2.06. The maximum atomic E-state index is 9.02. The van der Waals surface area contributed by atoms with Gasteiger partial charge in [0.15, 0.2) is 0 Å². The Kier molecular flexibility index (Phi) is 8.20. The van der Waals surface area contributed by atoms with Crippen molar-refractivity contribution < 1.29 is 5.21 Å². The molecule has 0 aliphatic rings. The van der Waals surface area contributed by atoms with Gasteiger partial charge in [0.2, 0.25) is 0 Å². The number of H-pyrrole nitrogens is 1. The van der Waals surface area contributed by atoms with Crippen LogP contribution in [0.1, 0.15) is 50.4 Å². The highest BCUT2D eigenvalue weighted by molar-refractivity contribution is 5.07. The summed E-state index contributed by atoms with van der Waals surface area (Å²) in [6.45, 7) is 4.26. The highest BCUT2D eigenvalue weighted by atomic mass is 16.4. The van der Waals surface area contributed by atoms with E-state index in [4.69, 9.17) is 5.21 Å². The first-order valence-corrected chi connectivity index (χ1v) is 7.47. The fourth-order valence-electron chi connectivity index (χ4n) is 2.09. The molecule has 0 amide bonds. The normalized spacial score (nSPS) is 11.2. The molecule has 110 valence electrons. The van der Waals surface area contributed by atoms with Crippen LogP contribution in [0.3, 0.4) is 0 Å². The molecule has 0 aromatic carbocycles. The predicted molar refractivity (Wildman–Crippen MR) is 83.0 cm³/mol. The lowest BCUT2D eigenvalue weighted by molar-refractivity contribution is 0.302. The summed E-state index contributed by atoms with van der Waals surface area (Å²) >= 11 is 0. The number of nitrogens with one attached hydrogen (secondary N) is 1. The van der Waals surface area contributed by atoms with Crippen molar-refractivity contribution in [2.45, 2.75) is 52.4 Å². The second-order valence-corrected chi connectivity index (χ2v) is 5.08. The highest BCUT2D eigenvalue weighted by Gasteiger charge is 1.94. The van der Waals surface area contributed by atoms with Gasteiger partial charge in [0.05, 0.1) is 0 Å². The van der Waals surface area contributed by atoms with Gasteiger partial charge in [-0.2, -0.15) is 0 Å². The molecule has 0 spiro atoms. The van der Waals surface area contributed by atoms with Crippen LogP contribution in [0.2, 0.25) is 0 Å². The van der Waals surface area contributed by atoms with Gasteiger partial charge in [-0.1, -0.05) is 56.0 Å². The molecule has 3 nitrogen and oxygen atoms in total. The molecular formula is C17H26N2O. The first kappa shape index (κ1) is 16.3. The van der Waals surface area contributed by atoms with Gasteiger partial charge in [0, 0.05) is 11.4 Å². The molecule has 1 aromatic rings. The maximum absolute atomic E-state index is 9.02. The summed E-state index contributed by atoms with van der Waals surface area (Å²) in [6.07, 6.45) is 7.25. The minimum Gasteiger partial charge on any atom is -0.410 e. The summed E-state index contributed by atoms with van der Waals surface area (Å²) in [5.74, 6) is 0. The van der Waals surface area contributed by atoms with Crippen molar-refractivity contribution in [1.29, 1.82) is 0 Å². The Hall–Kier alpha value is -1.77. The maximum Gasteiger partial charge on any atom is 0.104 e. The average Bonchev–Trinajstić information content (AvgIpc) is 2.45. The van der Waals surface area contributed by atoms with E-state index in [9.17, 15) is 0 Å². The van der Waals surface area contributed by atoms with E-state index in [-0.39, 0.29) is 0 Å². The Labute approximate surface area is 121 Å². The number of aryl methyl sites for hydroxylation is 2. The standard InChI is InChI=1S/C17H26N2O/c1-3-4-5-6-9-12-16-14-17(19-20)13-10-7-8-11-15(2)18-16/h7-8,10-11,13-14,18,20H,3-6,9,12H2,1-2H3/b8-7?,13-10?,15-11?,16-14?,19-17+. The average molecular weight is 274 g/mol. The van der Waals surface area contributed by atoms with Crippen molar-refractivity contribution in [3.63, 3.8) is 0 Å². The van der Waals surface area contributed by atoms with Crippen LogP contribution in [-0.2, 0) is 6.42 Å². The van der Waals surface area contributed by atoms with Crippen LogP contribution in [0.25, 0.3) is 0 Å². The van der Waals surface area contributed by atoms with E-state index in [2.05, 4.69) is 17.1 Å². The Morgan fingerprint density at radius 1 is 1.05 bits per heavy atom. The predicted octanol–water partition coefficient (Wildman–Crippen LogP) is 4.25. The third kappa shape index (κ3) is 6.98. The summed E-state index contributed by atoms with van der Waals surface area (Å²) in [5.41, 5.74) is 2.19. The molecule has 0 saturated heterocycles. The lowest BCUT2D eigenvalue weighted by atomic mass is 10.1. The summed E-state index contributed by atoms with van der Waals surface area (Å²) in [7, 11) is 0. The minimum atomic E-state index is 0.570. The third-order valence-corrected chi connectivity index (χ3v) is 3.18. The van der Waals surface area contributed by atoms with Crippen molar-refractivity contribution in [2.75, 3.05) is 0 Å². The number of aromatic nitrogens is 1. The first-order valence-electron chi connectivity index (χ1n) is 7.47. The lowest BCUT2D eigenvalue weighted by Crippen LogP contribution is -2.01. The van der Waals surface area contributed by atoms with E-state index in [0.29, 0.717) is 5.36 Å². The Morgan fingerprint density at radius 3 is 2.55 bits per heavy atom. The molecule has 0 aliphatic heterocycles. The molecule has 0 radical (unpaired) electrons. The Bertz CT molecular complexity index is 505. The monoisotopic (exact) mass is 274 g/mol. The number of unbranched alkanes of at least 4 members (excludes halogenated alkanes) is 4. The van der Waals surface area contributed by atoms with Crippen LogP contribution in [0.4, 0.5) is 0 Å². The molecular weight excluding hydrogens is 248 g/mol. The van der Waals surface area contributed by atoms with Gasteiger partial charge in [-0.3, -0.25) is 0 Å². The second-order valence-electron chi connectivity index (χ2n) is 5.08. The number of hydrogen-bond donors (Lipinski definition) is 2. The van der Waals surface area contributed by atoms with Crippen LogP contribution in [0, 0.1) is 6.92 Å². The molecule has 0 atom stereocenters. The Morgan fingerprint density at radius 2 is 1.80 bits per heavy atom. The van der Waals surface area contributed by atoms with E-state index in [1.54, 1.807) is 6.07 Å². The second kappa shape index (κ2) is 10.1. The summed E-state index contributed by atoms with van der Waals surface area (Å²) < 4.78 is 0. The topological polar surface area (TPSA) is 48.4 Å². The summed E-state index contributed by atoms with van der Waals surface area (Å²) in [4.78, 5) is 3.39.